The molecular weight excluding hydrogens is 240 g/mol. The van der Waals surface area contributed by atoms with E-state index in [1.54, 1.807) is 0 Å². The van der Waals surface area contributed by atoms with Gasteiger partial charge in [-0.05, 0) is 25.0 Å². The van der Waals surface area contributed by atoms with E-state index in [2.05, 4.69) is 16.5 Å². The van der Waals surface area contributed by atoms with E-state index in [0.717, 1.165) is 0 Å². The Bertz CT molecular complexity index is 638. The van der Waals surface area contributed by atoms with Gasteiger partial charge in [-0.3, -0.25) is 4.79 Å². The average molecular weight is 249 g/mol. The molecular formula is C12H9F2N3O. The van der Waals surface area contributed by atoms with Gasteiger partial charge in [-0.1, -0.05) is 6.58 Å². The number of H-pyrrole nitrogens is 1. The predicted molar refractivity (Wildman–Crippen MR) is 60.9 cm³/mol. The molecule has 0 saturated carbocycles. The van der Waals surface area contributed by atoms with E-state index >= 15 is 0 Å². The molecule has 1 aliphatic carbocycles. The number of alkyl halides is 2. The molecule has 0 radical (unpaired) electrons. The van der Waals surface area contributed by atoms with Crippen LogP contribution in [0.1, 0.15) is 23.5 Å². The molecule has 1 aliphatic rings. The molecule has 0 atom stereocenters. The summed E-state index contributed by atoms with van der Waals surface area (Å²) < 4.78 is 26.8. The molecule has 18 heavy (non-hydrogen) atoms. The highest BCUT2D eigenvalue weighted by atomic mass is 19.3. The molecule has 6 heteroatoms. The zero-order valence-corrected chi connectivity index (χ0v) is 9.33. The van der Waals surface area contributed by atoms with Gasteiger partial charge in [-0.2, -0.15) is 14.0 Å². The van der Waals surface area contributed by atoms with E-state index in [0.29, 0.717) is 30.2 Å². The van der Waals surface area contributed by atoms with Gasteiger partial charge in [0.2, 0.25) is 0 Å². The highest BCUT2D eigenvalue weighted by molar-refractivity contribution is 5.58. The number of nitrogens with zero attached hydrogens (tertiary/aromatic N) is 2. The summed E-state index contributed by atoms with van der Waals surface area (Å²) in [7, 11) is 0. The van der Waals surface area contributed by atoms with Crippen molar-refractivity contribution in [3.63, 3.8) is 0 Å². The van der Waals surface area contributed by atoms with Crippen molar-refractivity contribution < 1.29 is 8.78 Å². The van der Waals surface area contributed by atoms with Gasteiger partial charge in [0.25, 0.3) is 5.56 Å². The van der Waals surface area contributed by atoms with Gasteiger partial charge in [-0.15, -0.1) is 0 Å². The van der Waals surface area contributed by atoms with Crippen molar-refractivity contribution in [2.75, 3.05) is 0 Å². The molecule has 0 bridgehead atoms. The lowest BCUT2D eigenvalue weighted by Crippen LogP contribution is -2.28. The molecule has 0 fully saturated rings. The first-order valence-corrected chi connectivity index (χ1v) is 5.23. The van der Waals surface area contributed by atoms with Crippen LogP contribution >= 0.6 is 0 Å². The maximum Gasteiger partial charge on any atom is 0.313 e. The molecule has 1 heterocycles. The number of nitrogens with one attached hydrogen (secondary N) is 1. The first kappa shape index (κ1) is 12.2. The minimum atomic E-state index is -3.49. The maximum atomic E-state index is 13.4. The van der Waals surface area contributed by atoms with Crippen LogP contribution in [0.5, 0.6) is 0 Å². The smallest absolute Gasteiger partial charge is 0.313 e. The lowest BCUT2D eigenvalue weighted by Gasteiger charge is -2.15. The lowest BCUT2D eigenvalue weighted by atomic mass is 10.0. The molecule has 2 rings (SSSR count). The summed E-state index contributed by atoms with van der Waals surface area (Å²) in [5, 5.41) is 8.76. The van der Waals surface area contributed by atoms with Crippen molar-refractivity contribution >= 4 is 6.08 Å². The summed E-state index contributed by atoms with van der Waals surface area (Å²) in [6, 6.07) is 1.95. The van der Waals surface area contributed by atoms with Crippen molar-refractivity contribution in [1.29, 1.82) is 5.26 Å². The van der Waals surface area contributed by atoms with Crippen LogP contribution in [-0.2, 0) is 12.3 Å². The van der Waals surface area contributed by atoms with Gasteiger partial charge in [0.05, 0.1) is 11.8 Å². The normalized spacial score (nSPS) is 14.4. The van der Waals surface area contributed by atoms with Crippen LogP contribution in [-0.4, -0.2) is 9.97 Å². The fourth-order valence-electron chi connectivity index (χ4n) is 1.72. The minimum Gasteiger partial charge on any atom is -0.322 e. The third-order valence-corrected chi connectivity index (χ3v) is 2.69. The first-order valence-electron chi connectivity index (χ1n) is 5.23. The molecule has 0 saturated heterocycles. The topological polar surface area (TPSA) is 69.5 Å². The molecule has 1 N–H and O–H groups in total. The Balaban J connectivity index is 2.63. The van der Waals surface area contributed by atoms with Crippen LogP contribution in [0, 0.1) is 11.3 Å². The quantitative estimate of drug-likeness (QED) is 0.814. The lowest BCUT2D eigenvalue weighted by molar-refractivity contribution is 0.0457. The van der Waals surface area contributed by atoms with Gasteiger partial charge in [-0.25, -0.2) is 4.98 Å². The van der Waals surface area contributed by atoms with Crippen LogP contribution in [0.15, 0.2) is 23.0 Å². The van der Waals surface area contributed by atoms with E-state index < -0.39 is 17.2 Å². The van der Waals surface area contributed by atoms with Crippen molar-refractivity contribution in [1.82, 2.24) is 9.97 Å². The Morgan fingerprint density at radius 3 is 2.89 bits per heavy atom. The number of rotatable bonds is 2. The molecule has 0 aliphatic heterocycles. The molecule has 0 aromatic carbocycles. The fourth-order valence-corrected chi connectivity index (χ4v) is 1.72. The summed E-state index contributed by atoms with van der Waals surface area (Å²) in [4.78, 5) is 17.6. The van der Waals surface area contributed by atoms with E-state index in [-0.39, 0.29) is 5.69 Å². The van der Waals surface area contributed by atoms with E-state index in [4.69, 9.17) is 5.26 Å². The summed E-state index contributed by atoms with van der Waals surface area (Å²) in [5.41, 5.74) is -0.675. The third kappa shape index (κ3) is 1.95. The second-order valence-electron chi connectivity index (χ2n) is 3.89. The molecule has 4 nitrogen and oxygen atoms in total. The van der Waals surface area contributed by atoms with Crippen LogP contribution in [0.3, 0.4) is 0 Å². The summed E-state index contributed by atoms with van der Waals surface area (Å²) in [6.45, 7) is 2.98. The number of nitriles is 1. The second kappa shape index (κ2) is 4.18. The van der Waals surface area contributed by atoms with E-state index in [1.807, 2.05) is 6.07 Å². The van der Waals surface area contributed by atoms with Crippen LogP contribution in [0.2, 0.25) is 0 Å². The van der Waals surface area contributed by atoms with E-state index in [9.17, 15) is 13.6 Å². The molecule has 0 unspecified atom stereocenters. The maximum absolute atomic E-state index is 13.4. The largest absolute Gasteiger partial charge is 0.322 e. The molecule has 1 aromatic heterocycles. The number of allylic oxidation sites excluding steroid dienone is 2. The van der Waals surface area contributed by atoms with Gasteiger partial charge in [0.1, 0.15) is 0 Å². The third-order valence-electron chi connectivity index (χ3n) is 2.69. The number of hydrogen-bond donors (Lipinski definition) is 1. The van der Waals surface area contributed by atoms with E-state index in [1.165, 1.54) is 6.08 Å². The van der Waals surface area contributed by atoms with Gasteiger partial charge in [0, 0.05) is 11.3 Å². The van der Waals surface area contributed by atoms with Crippen molar-refractivity contribution in [2.45, 2.75) is 18.8 Å². The number of aromatic amines is 1. The van der Waals surface area contributed by atoms with Crippen LogP contribution in [0.4, 0.5) is 8.78 Å². The van der Waals surface area contributed by atoms with Gasteiger partial charge >= 0.3 is 5.92 Å². The number of halogens is 2. The predicted octanol–water partition coefficient (Wildman–Crippen LogP) is 1.90. The molecule has 0 amide bonds. The monoisotopic (exact) mass is 249 g/mol. The van der Waals surface area contributed by atoms with Gasteiger partial charge in [0.15, 0.2) is 5.69 Å². The van der Waals surface area contributed by atoms with Crippen LogP contribution < -0.4 is 5.56 Å². The van der Waals surface area contributed by atoms with Crippen molar-refractivity contribution in [3.05, 3.63) is 45.7 Å². The van der Waals surface area contributed by atoms with Crippen molar-refractivity contribution in [3.8, 4) is 6.07 Å². The Morgan fingerprint density at radius 1 is 1.56 bits per heavy atom. The SMILES string of the molecule is C=CC(F)(F)c1nc2c([nH]c1=O)CCC(C#N)=C2. The molecule has 0 spiro atoms. The minimum absolute atomic E-state index is 0.217. The number of aryl methyl sites for hydroxylation is 1. The fraction of sp³-hybridized carbons (Fsp3) is 0.250. The Hall–Kier alpha value is -2.29. The molecule has 92 valence electrons. The van der Waals surface area contributed by atoms with Gasteiger partial charge < -0.3 is 4.98 Å². The zero-order chi connectivity index (χ0) is 13.3. The first-order chi connectivity index (χ1) is 8.47. The Morgan fingerprint density at radius 2 is 2.28 bits per heavy atom. The Labute approximate surface area is 101 Å². The highest BCUT2D eigenvalue weighted by Crippen LogP contribution is 2.27. The standard InChI is InChI=1S/C12H9F2N3O/c1-2-12(13,14)10-11(18)17-8-4-3-7(6-15)5-9(8)16-10/h2,5H,1,3-4H2,(H,17,18). The zero-order valence-electron chi connectivity index (χ0n) is 9.33. The molecule has 1 aromatic rings. The number of aromatic nitrogens is 2. The highest BCUT2D eigenvalue weighted by Gasteiger charge is 2.33. The summed E-state index contributed by atoms with van der Waals surface area (Å²) >= 11 is 0. The van der Waals surface area contributed by atoms with Crippen LogP contribution in [0.25, 0.3) is 6.08 Å². The summed E-state index contributed by atoms with van der Waals surface area (Å²) in [5.74, 6) is -3.49. The number of hydrogen-bond acceptors (Lipinski definition) is 3. The Kier molecular flexibility index (Phi) is 2.83. The average Bonchev–Trinajstić information content (AvgIpc) is 2.37. The van der Waals surface area contributed by atoms with Crippen molar-refractivity contribution in [2.24, 2.45) is 0 Å². The second-order valence-corrected chi connectivity index (χ2v) is 3.89. The number of fused-ring (bicyclic) bond motifs is 1. The summed E-state index contributed by atoms with van der Waals surface area (Å²) in [6.07, 6.45) is 2.67.